The Hall–Kier alpha value is -3.95. The van der Waals surface area contributed by atoms with Crippen LogP contribution >= 0.6 is 23.2 Å². The molecule has 0 aliphatic carbocycles. The highest BCUT2D eigenvalue weighted by atomic mass is 35.5. The van der Waals surface area contributed by atoms with Gasteiger partial charge in [0.25, 0.3) is 0 Å². The standard InChI is InChI=1S/C31H21Cl2F5N2O2/c32-21-11-8-20(24(33)14-21)16-39-30(41)23-15-27(28-25(34)2-1-3-26(28)35)40-29(23)19-6-4-17(5-7-19)18-9-12-22(13-10-18)42-31(36,37)38/h1-14,23,29H,15-16H2,(H,39,41)/t23-,29?/m0/s1. The van der Waals surface area contributed by atoms with Crippen molar-refractivity contribution in [2.24, 2.45) is 10.9 Å². The van der Waals surface area contributed by atoms with Crippen molar-refractivity contribution >= 4 is 34.8 Å². The molecule has 0 spiro atoms. The maximum absolute atomic E-state index is 14.6. The second-order valence-corrected chi connectivity index (χ2v) is 10.4. The summed E-state index contributed by atoms with van der Waals surface area (Å²) in [6, 6.07) is 20.0. The number of halogens is 7. The van der Waals surface area contributed by atoms with E-state index in [-0.39, 0.29) is 35.9 Å². The zero-order valence-electron chi connectivity index (χ0n) is 21.6. The van der Waals surface area contributed by atoms with Crippen molar-refractivity contribution in [1.29, 1.82) is 0 Å². The number of hydrogen-bond donors (Lipinski definition) is 1. The quantitative estimate of drug-likeness (QED) is 0.211. The summed E-state index contributed by atoms with van der Waals surface area (Å²) in [7, 11) is 0. The van der Waals surface area contributed by atoms with Crippen molar-refractivity contribution < 1.29 is 31.5 Å². The highest BCUT2D eigenvalue weighted by molar-refractivity contribution is 6.35. The first-order valence-corrected chi connectivity index (χ1v) is 13.4. The first-order valence-electron chi connectivity index (χ1n) is 12.7. The normalized spacial score (nSPS) is 16.7. The van der Waals surface area contributed by atoms with E-state index in [2.05, 4.69) is 15.0 Å². The maximum atomic E-state index is 14.6. The molecule has 1 heterocycles. The van der Waals surface area contributed by atoms with Crippen molar-refractivity contribution in [2.75, 3.05) is 0 Å². The third kappa shape index (κ3) is 6.74. The van der Waals surface area contributed by atoms with E-state index in [0.717, 1.165) is 12.1 Å². The van der Waals surface area contributed by atoms with Crippen molar-refractivity contribution in [1.82, 2.24) is 5.32 Å². The third-order valence-electron chi connectivity index (χ3n) is 6.82. The Kier molecular flexibility index (Phi) is 8.52. The molecule has 4 aromatic carbocycles. The minimum Gasteiger partial charge on any atom is -0.406 e. The zero-order valence-corrected chi connectivity index (χ0v) is 23.1. The molecule has 0 aromatic heterocycles. The first kappa shape index (κ1) is 29.5. The van der Waals surface area contributed by atoms with Gasteiger partial charge in [0.1, 0.15) is 17.4 Å². The van der Waals surface area contributed by atoms with Gasteiger partial charge in [-0.3, -0.25) is 9.79 Å². The highest BCUT2D eigenvalue weighted by Crippen LogP contribution is 2.39. The minimum atomic E-state index is -4.79. The van der Waals surface area contributed by atoms with Crippen LogP contribution in [0, 0.1) is 17.6 Å². The van der Waals surface area contributed by atoms with Gasteiger partial charge in [-0.2, -0.15) is 0 Å². The van der Waals surface area contributed by atoms with Crippen LogP contribution in [0.4, 0.5) is 22.0 Å². The molecule has 42 heavy (non-hydrogen) atoms. The largest absolute Gasteiger partial charge is 0.573 e. The molecule has 0 saturated heterocycles. The fourth-order valence-corrected chi connectivity index (χ4v) is 5.29. The van der Waals surface area contributed by atoms with Gasteiger partial charge in [0.15, 0.2) is 0 Å². The average Bonchev–Trinajstić information content (AvgIpc) is 3.37. The summed E-state index contributed by atoms with van der Waals surface area (Å²) in [4.78, 5) is 18.0. The number of benzene rings is 4. The molecule has 2 atom stereocenters. The molecule has 0 saturated carbocycles. The van der Waals surface area contributed by atoms with Gasteiger partial charge in [-0.1, -0.05) is 71.7 Å². The van der Waals surface area contributed by atoms with Gasteiger partial charge in [-0.15, -0.1) is 13.2 Å². The summed E-state index contributed by atoms with van der Waals surface area (Å²) >= 11 is 12.2. The van der Waals surface area contributed by atoms with E-state index in [4.69, 9.17) is 23.2 Å². The summed E-state index contributed by atoms with van der Waals surface area (Å²) in [6.07, 6.45) is -4.80. The Bertz CT molecular complexity index is 1620. The molecule has 5 rings (SSSR count). The number of ether oxygens (including phenoxy) is 1. The summed E-state index contributed by atoms with van der Waals surface area (Å²) in [5.74, 6) is -3.07. The topological polar surface area (TPSA) is 50.7 Å². The number of hydrogen-bond acceptors (Lipinski definition) is 3. The molecule has 4 nitrogen and oxygen atoms in total. The Balaban J connectivity index is 1.41. The predicted molar refractivity (Wildman–Crippen MR) is 151 cm³/mol. The second kappa shape index (κ2) is 12.1. The number of aliphatic imine (C=N–C) groups is 1. The molecule has 1 N–H and O–H groups in total. The van der Waals surface area contributed by atoms with E-state index in [1.54, 1.807) is 42.5 Å². The predicted octanol–water partition coefficient (Wildman–Crippen LogP) is 8.70. The Morgan fingerprint density at radius 2 is 1.52 bits per heavy atom. The van der Waals surface area contributed by atoms with E-state index >= 15 is 0 Å². The lowest BCUT2D eigenvalue weighted by Gasteiger charge is -2.19. The van der Waals surface area contributed by atoms with E-state index in [1.807, 2.05) is 0 Å². The number of nitrogens with one attached hydrogen (secondary N) is 1. The van der Waals surface area contributed by atoms with Crippen molar-refractivity contribution in [3.05, 3.63) is 123 Å². The smallest absolute Gasteiger partial charge is 0.406 e. The second-order valence-electron chi connectivity index (χ2n) is 9.58. The lowest BCUT2D eigenvalue weighted by atomic mass is 9.89. The van der Waals surface area contributed by atoms with Crippen LogP contribution in [0.1, 0.15) is 29.2 Å². The van der Waals surface area contributed by atoms with Gasteiger partial charge in [0.2, 0.25) is 5.91 Å². The van der Waals surface area contributed by atoms with Crippen LogP contribution in [0.15, 0.2) is 89.9 Å². The van der Waals surface area contributed by atoms with Crippen molar-refractivity contribution in [3.63, 3.8) is 0 Å². The highest BCUT2D eigenvalue weighted by Gasteiger charge is 2.38. The monoisotopic (exact) mass is 618 g/mol. The van der Waals surface area contributed by atoms with Gasteiger partial charge in [0.05, 0.1) is 17.5 Å². The Labute approximate surface area is 247 Å². The van der Waals surface area contributed by atoms with Gasteiger partial charge >= 0.3 is 6.36 Å². The fraction of sp³-hybridized carbons (Fsp3) is 0.161. The Morgan fingerprint density at radius 1 is 0.905 bits per heavy atom. The van der Waals surface area contributed by atoms with Crippen molar-refractivity contribution in [3.8, 4) is 16.9 Å². The number of amides is 1. The number of carbonyl (C=O) groups excluding carboxylic acids is 1. The summed E-state index contributed by atoms with van der Waals surface area (Å²) in [6.45, 7) is 0.106. The molecule has 216 valence electrons. The molecular weight excluding hydrogens is 598 g/mol. The molecule has 0 bridgehead atoms. The third-order valence-corrected chi connectivity index (χ3v) is 7.41. The molecule has 1 aliphatic rings. The number of rotatable bonds is 7. The lowest BCUT2D eigenvalue weighted by molar-refractivity contribution is -0.274. The molecular formula is C31H21Cl2F5N2O2. The van der Waals surface area contributed by atoms with Crippen LogP contribution in [-0.2, 0) is 11.3 Å². The lowest BCUT2D eigenvalue weighted by Crippen LogP contribution is -2.32. The van der Waals surface area contributed by atoms with Gasteiger partial charge in [-0.05, 0) is 58.7 Å². The number of carbonyl (C=O) groups is 1. The zero-order chi connectivity index (χ0) is 30.0. The van der Waals surface area contributed by atoms with Crippen LogP contribution in [0.5, 0.6) is 5.75 Å². The minimum absolute atomic E-state index is 0.00881. The van der Waals surface area contributed by atoms with Crippen LogP contribution in [-0.4, -0.2) is 18.0 Å². The number of nitrogens with zero attached hydrogens (tertiary/aromatic N) is 1. The van der Waals surface area contributed by atoms with Crippen LogP contribution < -0.4 is 10.1 Å². The van der Waals surface area contributed by atoms with Crippen LogP contribution in [0.3, 0.4) is 0 Å². The summed E-state index contributed by atoms with van der Waals surface area (Å²) in [5.41, 5.74) is 2.43. The fourth-order valence-electron chi connectivity index (χ4n) is 4.81. The van der Waals surface area contributed by atoms with Gasteiger partial charge < -0.3 is 10.1 Å². The number of alkyl halides is 3. The van der Waals surface area contributed by atoms with Crippen LogP contribution in [0.25, 0.3) is 11.1 Å². The summed E-state index contributed by atoms with van der Waals surface area (Å²) in [5, 5.41) is 3.67. The molecule has 1 unspecified atom stereocenters. The molecule has 11 heteroatoms. The van der Waals surface area contributed by atoms with Crippen LogP contribution in [0.2, 0.25) is 10.0 Å². The molecule has 4 aromatic rings. The first-order chi connectivity index (χ1) is 20.0. The molecule has 0 radical (unpaired) electrons. The van der Waals surface area contributed by atoms with Gasteiger partial charge in [0, 0.05) is 28.7 Å². The molecule has 1 aliphatic heterocycles. The Morgan fingerprint density at radius 3 is 2.12 bits per heavy atom. The summed E-state index contributed by atoms with van der Waals surface area (Å²) < 4.78 is 70.7. The van der Waals surface area contributed by atoms with E-state index in [9.17, 15) is 26.7 Å². The van der Waals surface area contributed by atoms with Gasteiger partial charge in [-0.25, -0.2) is 8.78 Å². The average molecular weight is 619 g/mol. The SMILES string of the molecule is O=C(NCc1ccc(Cl)cc1Cl)[C@H]1CC(c2c(F)cccc2F)=NC1c1ccc(-c2ccc(OC(F)(F)F)cc2)cc1. The van der Waals surface area contributed by atoms with Crippen molar-refractivity contribution in [2.45, 2.75) is 25.4 Å². The maximum Gasteiger partial charge on any atom is 0.573 e. The van der Waals surface area contributed by atoms with E-state index in [1.165, 1.54) is 30.3 Å². The van der Waals surface area contributed by atoms with E-state index < -0.39 is 30.0 Å². The van der Waals surface area contributed by atoms with E-state index in [0.29, 0.717) is 32.3 Å². The molecule has 1 amide bonds. The molecule has 0 fully saturated rings.